The number of nitro benzene ring substituents is 2. The molecule has 2 aromatic carbocycles. The van der Waals surface area contributed by atoms with E-state index in [0.29, 0.717) is 11.6 Å². The van der Waals surface area contributed by atoms with Crippen molar-refractivity contribution >= 4 is 45.3 Å². The lowest BCUT2D eigenvalue weighted by Crippen LogP contribution is -2.25. The number of aryl methyl sites for hydroxylation is 1. The Morgan fingerprint density at radius 1 is 1.15 bits per heavy atom. The highest BCUT2D eigenvalue weighted by Gasteiger charge is 2.34. The topological polar surface area (TPSA) is 161 Å². The molecule has 0 bridgehead atoms. The lowest BCUT2D eigenvalue weighted by Gasteiger charge is -2.19. The SMILES string of the molecule is CCc1ccccc1N1CC(c2nnc(NC(=O)c3cc([N+](=O)[O-])cc([N+](=O)[O-])c3)s2)CC1=O. The fourth-order valence-corrected chi connectivity index (χ4v) is 4.57. The number of nitro groups is 2. The van der Waals surface area contributed by atoms with Crippen LogP contribution in [-0.4, -0.2) is 38.4 Å². The van der Waals surface area contributed by atoms with E-state index in [-0.39, 0.29) is 28.9 Å². The van der Waals surface area contributed by atoms with Gasteiger partial charge in [-0.2, -0.15) is 0 Å². The fourth-order valence-electron chi connectivity index (χ4n) is 3.74. The van der Waals surface area contributed by atoms with Crippen molar-refractivity contribution in [3.63, 3.8) is 0 Å². The first-order chi connectivity index (χ1) is 16.3. The summed E-state index contributed by atoms with van der Waals surface area (Å²) in [6.07, 6.45) is 1.03. The molecule has 174 valence electrons. The molecular weight excluding hydrogens is 464 g/mol. The minimum Gasteiger partial charge on any atom is -0.311 e. The van der Waals surface area contributed by atoms with Gasteiger partial charge >= 0.3 is 0 Å². The van der Waals surface area contributed by atoms with Crippen molar-refractivity contribution in [3.8, 4) is 0 Å². The number of carbonyl (C=O) groups is 2. The van der Waals surface area contributed by atoms with Gasteiger partial charge in [0.15, 0.2) is 0 Å². The van der Waals surface area contributed by atoms with Crippen molar-refractivity contribution in [2.24, 2.45) is 0 Å². The van der Waals surface area contributed by atoms with Gasteiger partial charge in [-0.1, -0.05) is 36.5 Å². The Labute approximate surface area is 196 Å². The number of hydrogen-bond donors (Lipinski definition) is 1. The predicted octanol–water partition coefficient (Wildman–Crippen LogP) is 3.69. The van der Waals surface area contributed by atoms with E-state index in [0.717, 1.165) is 47.2 Å². The minimum atomic E-state index is -0.813. The molecular formula is C21H18N6O6S. The Bertz CT molecular complexity index is 1280. The zero-order valence-corrected chi connectivity index (χ0v) is 18.7. The second-order valence-electron chi connectivity index (χ2n) is 7.54. The van der Waals surface area contributed by atoms with E-state index < -0.39 is 27.1 Å². The molecule has 34 heavy (non-hydrogen) atoms. The molecule has 1 atom stereocenters. The number of nitrogens with zero attached hydrogens (tertiary/aromatic N) is 5. The molecule has 13 heteroatoms. The summed E-state index contributed by atoms with van der Waals surface area (Å²) in [5.74, 6) is -1.04. The number of benzene rings is 2. The summed E-state index contributed by atoms with van der Waals surface area (Å²) in [6.45, 7) is 2.45. The molecule has 4 rings (SSSR count). The van der Waals surface area contributed by atoms with Crippen molar-refractivity contribution in [1.29, 1.82) is 0 Å². The summed E-state index contributed by atoms with van der Waals surface area (Å²) in [5, 5.41) is 33.3. The summed E-state index contributed by atoms with van der Waals surface area (Å²) >= 11 is 1.08. The normalized spacial score (nSPS) is 15.4. The number of amides is 2. The molecule has 0 radical (unpaired) electrons. The summed E-state index contributed by atoms with van der Waals surface area (Å²) in [7, 11) is 0. The average molecular weight is 482 g/mol. The third-order valence-electron chi connectivity index (χ3n) is 5.39. The van der Waals surface area contributed by atoms with E-state index in [1.54, 1.807) is 4.90 Å². The first-order valence-corrected chi connectivity index (χ1v) is 11.0. The van der Waals surface area contributed by atoms with E-state index in [1.807, 2.05) is 31.2 Å². The zero-order chi connectivity index (χ0) is 24.4. The van der Waals surface area contributed by atoms with Crippen LogP contribution in [-0.2, 0) is 11.2 Å². The summed E-state index contributed by atoms with van der Waals surface area (Å²) in [5.41, 5.74) is 0.523. The van der Waals surface area contributed by atoms with Crippen molar-refractivity contribution in [1.82, 2.24) is 10.2 Å². The largest absolute Gasteiger partial charge is 0.311 e. The van der Waals surface area contributed by atoms with Gasteiger partial charge in [0.2, 0.25) is 11.0 Å². The van der Waals surface area contributed by atoms with E-state index >= 15 is 0 Å². The molecule has 1 fully saturated rings. The molecule has 0 aliphatic carbocycles. The lowest BCUT2D eigenvalue weighted by molar-refractivity contribution is -0.394. The highest BCUT2D eigenvalue weighted by atomic mass is 32.1. The van der Waals surface area contributed by atoms with Crippen LogP contribution in [0.15, 0.2) is 42.5 Å². The maximum Gasteiger partial charge on any atom is 0.277 e. The van der Waals surface area contributed by atoms with Crippen LogP contribution in [0.1, 0.15) is 40.2 Å². The maximum absolute atomic E-state index is 12.7. The van der Waals surface area contributed by atoms with Crippen LogP contribution in [0.5, 0.6) is 0 Å². The summed E-state index contributed by atoms with van der Waals surface area (Å²) in [4.78, 5) is 47.5. The second-order valence-corrected chi connectivity index (χ2v) is 8.55. The average Bonchev–Trinajstić information content (AvgIpc) is 3.45. The van der Waals surface area contributed by atoms with Crippen molar-refractivity contribution in [2.45, 2.75) is 25.7 Å². The van der Waals surface area contributed by atoms with Gasteiger partial charge in [0.1, 0.15) is 5.01 Å². The number of nitrogens with one attached hydrogen (secondary N) is 1. The van der Waals surface area contributed by atoms with Gasteiger partial charge < -0.3 is 4.90 Å². The molecule has 12 nitrogen and oxygen atoms in total. The molecule has 2 heterocycles. The molecule has 3 aromatic rings. The monoisotopic (exact) mass is 482 g/mol. The second kappa shape index (κ2) is 9.31. The molecule has 1 aliphatic rings. The molecule has 1 saturated heterocycles. The molecule has 1 aromatic heterocycles. The van der Waals surface area contributed by atoms with E-state index in [2.05, 4.69) is 15.5 Å². The first-order valence-electron chi connectivity index (χ1n) is 10.2. The van der Waals surface area contributed by atoms with Crippen LogP contribution >= 0.6 is 11.3 Å². The number of aromatic nitrogens is 2. The standard InChI is InChI=1S/C21H18N6O6S/c1-2-12-5-3-4-6-17(12)25-11-14(9-18(25)28)20-23-24-21(34-20)22-19(29)13-7-15(26(30)31)10-16(8-13)27(32)33/h3-8,10,14H,2,9,11H2,1H3,(H,22,24,29). The van der Waals surface area contributed by atoms with Gasteiger partial charge in [-0.05, 0) is 18.1 Å². The van der Waals surface area contributed by atoms with E-state index in [4.69, 9.17) is 0 Å². The van der Waals surface area contributed by atoms with Crippen LogP contribution in [0, 0.1) is 20.2 Å². The third-order valence-corrected chi connectivity index (χ3v) is 6.39. The van der Waals surface area contributed by atoms with Crippen molar-refractivity contribution in [3.05, 3.63) is 78.8 Å². The van der Waals surface area contributed by atoms with Crippen LogP contribution < -0.4 is 10.2 Å². The highest BCUT2D eigenvalue weighted by molar-refractivity contribution is 7.15. The summed E-state index contributed by atoms with van der Waals surface area (Å²) < 4.78 is 0. The predicted molar refractivity (Wildman–Crippen MR) is 123 cm³/mol. The Morgan fingerprint density at radius 2 is 1.82 bits per heavy atom. The summed E-state index contributed by atoms with van der Waals surface area (Å²) in [6, 6.07) is 10.4. The quantitative estimate of drug-likeness (QED) is 0.394. The number of hydrogen-bond acceptors (Lipinski definition) is 9. The number of rotatable bonds is 7. The molecule has 1 N–H and O–H groups in total. The van der Waals surface area contributed by atoms with Crippen LogP contribution in [0.3, 0.4) is 0 Å². The van der Waals surface area contributed by atoms with Gasteiger partial charge in [-0.25, -0.2) is 0 Å². The molecule has 2 amide bonds. The third kappa shape index (κ3) is 4.59. The van der Waals surface area contributed by atoms with E-state index in [9.17, 15) is 29.8 Å². The molecule has 0 spiro atoms. The number of para-hydroxylation sites is 1. The maximum atomic E-state index is 12.7. The Hall–Kier alpha value is -4.26. The number of anilines is 2. The molecule has 1 unspecified atom stereocenters. The van der Waals surface area contributed by atoms with Crippen LogP contribution in [0.25, 0.3) is 0 Å². The van der Waals surface area contributed by atoms with E-state index in [1.165, 1.54) is 0 Å². The minimum absolute atomic E-state index is 0.0319. The Kier molecular flexibility index (Phi) is 6.27. The number of carbonyl (C=O) groups excluding carboxylic acids is 2. The van der Waals surface area contributed by atoms with Crippen LogP contribution in [0.2, 0.25) is 0 Å². The number of non-ortho nitro benzene ring substituents is 2. The first kappa shape index (κ1) is 22.9. The smallest absolute Gasteiger partial charge is 0.277 e. The molecule has 1 aliphatic heterocycles. The fraction of sp³-hybridized carbons (Fsp3) is 0.238. The van der Waals surface area contributed by atoms with Gasteiger partial charge in [0.05, 0.1) is 21.5 Å². The van der Waals surface area contributed by atoms with Gasteiger partial charge in [-0.3, -0.25) is 35.1 Å². The molecule has 0 saturated carbocycles. The Balaban J connectivity index is 1.50. The highest BCUT2D eigenvalue weighted by Crippen LogP contribution is 2.35. The van der Waals surface area contributed by atoms with Crippen LogP contribution in [0.4, 0.5) is 22.2 Å². The lowest BCUT2D eigenvalue weighted by atomic mass is 10.1. The van der Waals surface area contributed by atoms with Crippen molar-refractivity contribution in [2.75, 3.05) is 16.8 Å². The Morgan fingerprint density at radius 3 is 2.47 bits per heavy atom. The zero-order valence-electron chi connectivity index (χ0n) is 17.8. The van der Waals surface area contributed by atoms with Gasteiger partial charge in [0.25, 0.3) is 17.3 Å². The van der Waals surface area contributed by atoms with Gasteiger partial charge in [0, 0.05) is 36.7 Å². The van der Waals surface area contributed by atoms with Crippen molar-refractivity contribution < 1.29 is 19.4 Å². The van der Waals surface area contributed by atoms with Gasteiger partial charge in [-0.15, -0.1) is 10.2 Å².